The summed E-state index contributed by atoms with van der Waals surface area (Å²) in [5.74, 6) is -0.178. The highest BCUT2D eigenvalue weighted by Gasteiger charge is 2.23. The van der Waals surface area contributed by atoms with E-state index in [4.69, 9.17) is 5.11 Å². The molecule has 1 heterocycles. The second-order valence-corrected chi connectivity index (χ2v) is 6.84. The maximum absolute atomic E-state index is 11.4. The summed E-state index contributed by atoms with van der Waals surface area (Å²) in [5.41, 5.74) is 0. The monoisotopic (exact) mass is 263 g/mol. The summed E-state index contributed by atoms with van der Waals surface area (Å²) in [7, 11) is -2.83. The molecule has 0 radical (unpaired) electrons. The van der Waals surface area contributed by atoms with Gasteiger partial charge in [-0.3, -0.25) is 4.79 Å². The maximum Gasteiger partial charge on any atom is 0.303 e. The van der Waals surface area contributed by atoms with Gasteiger partial charge in [0.1, 0.15) is 0 Å². The number of rotatable bonds is 7. The number of nitrogens with one attached hydrogen (secondary N) is 1. The van der Waals surface area contributed by atoms with Gasteiger partial charge in [-0.25, -0.2) is 8.42 Å². The Bertz CT molecular complexity index is 339. The predicted octanol–water partition coefficient (Wildman–Crippen LogP) is 0.798. The number of sulfone groups is 1. The van der Waals surface area contributed by atoms with Crippen LogP contribution in [0.2, 0.25) is 0 Å². The van der Waals surface area contributed by atoms with Crippen LogP contribution in [0.1, 0.15) is 38.5 Å². The molecule has 5 nitrogen and oxygen atoms in total. The molecule has 1 unspecified atom stereocenters. The molecule has 2 N–H and O–H groups in total. The van der Waals surface area contributed by atoms with Crippen molar-refractivity contribution >= 4 is 15.8 Å². The minimum Gasteiger partial charge on any atom is -0.481 e. The summed E-state index contributed by atoms with van der Waals surface area (Å²) in [6, 6.07) is 0.0909. The molecule has 1 aliphatic rings. The Hall–Kier alpha value is -0.620. The summed E-state index contributed by atoms with van der Waals surface area (Å²) in [4.78, 5) is 10.3. The van der Waals surface area contributed by atoms with Crippen LogP contribution >= 0.6 is 0 Å². The third-order valence-electron chi connectivity index (χ3n) is 2.96. The van der Waals surface area contributed by atoms with Crippen molar-refractivity contribution in [2.24, 2.45) is 0 Å². The first kappa shape index (κ1) is 14.4. The fourth-order valence-electron chi connectivity index (χ4n) is 2.07. The lowest BCUT2D eigenvalue weighted by Gasteiger charge is -2.23. The molecule has 0 aliphatic carbocycles. The van der Waals surface area contributed by atoms with Crippen molar-refractivity contribution < 1.29 is 18.3 Å². The standard InChI is InChI=1S/C11H21NO4S/c13-11(14)6-2-1-3-7-12-10-5-4-8-17(15,16)9-10/h10,12H,1-9H2,(H,13,14). The average molecular weight is 263 g/mol. The van der Waals surface area contributed by atoms with Gasteiger partial charge < -0.3 is 10.4 Å². The lowest BCUT2D eigenvalue weighted by Crippen LogP contribution is -2.40. The zero-order valence-corrected chi connectivity index (χ0v) is 10.8. The third-order valence-corrected chi connectivity index (χ3v) is 4.78. The molecular weight excluding hydrogens is 242 g/mol. The van der Waals surface area contributed by atoms with Crippen molar-refractivity contribution in [2.75, 3.05) is 18.1 Å². The maximum atomic E-state index is 11.4. The molecule has 0 amide bonds. The Labute approximate surface area is 103 Å². The fourth-order valence-corrected chi connectivity index (χ4v) is 3.74. The zero-order valence-electron chi connectivity index (χ0n) is 10.0. The van der Waals surface area contributed by atoms with Crippen LogP contribution in [0.5, 0.6) is 0 Å². The molecule has 6 heteroatoms. The molecule has 1 rings (SSSR count). The van der Waals surface area contributed by atoms with Crippen molar-refractivity contribution in [1.82, 2.24) is 5.32 Å². The van der Waals surface area contributed by atoms with Crippen molar-refractivity contribution in [3.8, 4) is 0 Å². The molecule has 1 atom stereocenters. The van der Waals surface area contributed by atoms with E-state index in [1.54, 1.807) is 0 Å². The number of hydrogen-bond acceptors (Lipinski definition) is 4. The normalized spacial score (nSPS) is 23.4. The fraction of sp³-hybridized carbons (Fsp3) is 0.909. The van der Waals surface area contributed by atoms with Gasteiger partial charge in [-0.1, -0.05) is 6.42 Å². The molecular formula is C11H21NO4S. The molecule has 0 aromatic rings. The Morgan fingerprint density at radius 2 is 2.06 bits per heavy atom. The van der Waals surface area contributed by atoms with Gasteiger partial charge in [0, 0.05) is 12.5 Å². The first-order valence-corrected chi connectivity index (χ1v) is 7.97. The Balaban J connectivity index is 2.05. The minimum absolute atomic E-state index is 0.0909. The first-order valence-electron chi connectivity index (χ1n) is 6.15. The van der Waals surface area contributed by atoms with Gasteiger partial charge >= 0.3 is 5.97 Å². The summed E-state index contributed by atoms with van der Waals surface area (Å²) < 4.78 is 22.7. The van der Waals surface area contributed by atoms with Crippen LogP contribution < -0.4 is 5.32 Å². The number of hydrogen-bond donors (Lipinski definition) is 2. The minimum atomic E-state index is -2.83. The smallest absolute Gasteiger partial charge is 0.303 e. The Kier molecular flexibility index (Phi) is 5.91. The topological polar surface area (TPSA) is 83.5 Å². The van der Waals surface area contributed by atoms with Gasteiger partial charge in [0.25, 0.3) is 0 Å². The number of carbonyl (C=O) groups is 1. The van der Waals surface area contributed by atoms with Crippen LogP contribution in [-0.4, -0.2) is 43.6 Å². The van der Waals surface area contributed by atoms with Crippen molar-refractivity contribution in [3.63, 3.8) is 0 Å². The Morgan fingerprint density at radius 1 is 1.29 bits per heavy atom. The van der Waals surface area contributed by atoms with E-state index in [0.717, 1.165) is 32.2 Å². The highest BCUT2D eigenvalue weighted by atomic mass is 32.2. The van der Waals surface area contributed by atoms with E-state index in [2.05, 4.69) is 5.32 Å². The van der Waals surface area contributed by atoms with Crippen molar-refractivity contribution in [3.05, 3.63) is 0 Å². The Morgan fingerprint density at radius 3 is 2.71 bits per heavy atom. The number of carboxylic acids is 1. The van der Waals surface area contributed by atoms with Crippen LogP contribution in [0.4, 0.5) is 0 Å². The summed E-state index contributed by atoms with van der Waals surface area (Å²) in [6.45, 7) is 0.778. The number of unbranched alkanes of at least 4 members (excludes halogenated alkanes) is 2. The molecule has 100 valence electrons. The number of carboxylic acid groups (broad SMARTS) is 1. The van der Waals surface area contributed by atoms with Crippen LogP contribution in [0.15, 0.2) is 0 Å². The summed E-state index contributed by atoms with van der Waals surface area (Å²) in [6.07, 6.45) is 4.37. The van der Waals surface area contributed by atoms with Crippen LogP contribution in [0, 0.1) is 0 Å². The van der Waals surface area contributed by atoms with Crippen LogP contribution in [0.3, 0.4) is 0 Å². The quantitative estimate of drug-likeness (QED) is 0.664. The zero-order chi connectivity index (χ0) is 12.7. The van der Waals surface area contributed by atoms with E-state index in [-0.39, 0.29) is 18.2 Å². The van der Waals surface area contributed by atoms with E-state index in [1.807, 2.05) is 0 Å². The van der Waals surface area contributed by atoms with Crippen LogP contribution in [0.25, 0.3) is 0 Å². The summed E-state index contributed by atoms with van der Waals surface area (Å²) >= 11 is 0. The van der Waals surface area contributed by atoms with Gasteiger partial charge in [0.2, 0.25) is 0 Å². The molecule has 0 spiro atoms. The van der Waals surface area contributed by atoms with Crippen LogP contribution in [-0.2, 0) is 14.6 Å². The van der Waals surface area contributed by atoms with Gasteiger partial charge in [0.15, 0.2) is 9.84 Å². The van der Waals surface area contributed by atoms with E-state index in [0.29, 0.717) is 12.2 Å². The summed E-state index contributed by atoms with van der Waals surface area (Å²) in [5, 5.41) is 11.7. The molecule has 0 saturated carbocycles. The molecule has 1 aliphatic heterocycles. The second kappa shape index (κ2) is 6.96. The van der Waals surface area contributed by atoms with E-state index < -0.39 is 15.8 Å². The van der Waals surface area contributed by atoms with Crippen molar-refractivity contribution in [1.29, 1.82) is 0 Å². The molecule has 17 heavy (non-hydrogen) atoms. The van der Waals surface area contributed by atoms with Gasteiger partial charge in [-0.2, -0.15) is 0 Å². The van der Waals surface area contributed by atoms with E-state index >= 15 is 0 Å². The average Bonchev–Trinajstić information content (AvgIpc) is 2.21. The molecule has 0 aromatic heterocycles. The predicted molar refractivity (Wildman–Crippen MR) is 65.8 cm³/mol. The second-order valence-electron chi connectivity index (χ2n) is 4.61. The molecule has 1 saturated heterocycles. The molecule has 0 bridgehead atoms. The molecule has 0 aromatic carbocycles. The van der Waals surface area contributed by atoms with Gasteiger partial charge in [-0.05, 0) is 32.2 Å². The SMILES string of the molecule is O=C(O)CCCCCNC1CCCS(=O)(=O)C1. The lowest BCUT2D eigenvalue weighted by atomic mass is 10.1. The number of aliphatic carboxylic acids is 1. The largest absolute Gasteiger partial charge is 0.481 e. The van der Waals surface area contributed by atoms with E-state index in [1.165, 1.54) is 0 Å². The lowest BCUT2D eigenvalue weighted by molar-refractivity contribution is -0.137. The highest BCUT2D eigenvalue weighted by Crippen LogP contribution is 2.12. The molecule has 1 fully saturated rings. The van der Waals surface area contributed by atoms with E-state index in [9.17, 15) is 13.2 Å². The van der Waals surface area contributed by atoms with Crippen molar-refractivity contribution in [2.45, 2.75) is 44.6 Å². The third kappa shape index (κ3) is 6.63. The van der Waals surface area contributed by atoms with Gasteiger partial charge in [0.05, 0.1) is 11.5 Å². The highest BCUT2D eigenvalue weighted by molar-refractivity contribution is 7.91. The first-order chi connectivity index (χ1) is 7.99. The van der Waals surface area contributed by atoms with Gasteiger partial charge in [-0.15, -0.1) is 0 Å².